The number of hydrogen-bond donors (Lipinski definition) is 0. The molecule has 2 heterocycles. The number of nitrogens with zero attached hydrogens (tertiary/aromatic N) is 3. The second kappa shape index (κ2) is 4.94. The molecule has 1 aliphatic rings. The third kappa shape index (κ3) is 2.99. The smallest absolute Gasteiger partial charge is 0.225 e. The molecule has 0 saturated carbocycles. The lowest BCUT2D eigenvalue weighted by atomic mass is 9.95. The quantitative estimate of drug-likeness (QED) is 0.818. The molecule has 1 atom stereocenters. The lowest BCUT2D eigenvalue weighted by molar-refractivity contribution is 0.0477. The van der Waals surface area contributed by atoms with Crippen molar-refractivity contribution in [3.8, 4) is 0 Å². The van der Waals surface area contributed by atoms with Crippen molar-refractivity contribution in [2.45, 2.75) is 45.6 Å². The van der Waals surface area contributed by atoms with Crippen LogP contribution in [-0.4, -0.2) is 28.0 Å². The van der Waals surface area contributed by atoms with Gasteiger partial charge in [0, 0.05) is 24.5 Å². The Hall–Kier alpha value is -0.610. The minimum absolute atomic E-state index is 0.0321. The Labute approximate surface area is 107 Å². The molecule has 0 aliphatic carbocycles. The molecule has 0 bridgehead atoms. The summed E-state index contributed by atoms with van der Waals surface area (Å²) in [6.07, 6.45) is 2.33. The van der Waals surface area contributed by atoms with Gasteiger partial charge in [-0.25, -0.2) is 0 Å². The monoisotopic (exact) mass is 257 g/mol. The first-order valence-corrected chi connectivity index (χ1v) is 6.53. The van der Waals surface area contributed by atoms with Gasteiger partial charge in [-0.15, -0.1) is 10.2 Å². The summed E-state index contributed by atoms with van der Waals surface area (Å²) in [5.41, 5.74) is -0.0321. The molecule has 1 aliphatic heterocycles. The van der Waals surface area contributed by atoms with Crippen molar-refractivity contribution >= 4 is 11.6 Å². The maximum absolute atomic E-state index is 6.12. The van der Waals surface area contributed by atoms with Gasteiger partial charge in [-0.05, 0) is 24.4 Å². The summed E-state index contributed by atoms with van der Waals surface area (Å²) in [4.78, 5) is 0. The fourth-order valence-corrected chi connectivity index (χ4v) is 2.40. The molecule has 0 aromatic carbocycles. The topological polar surface area (TPSA) is 39.9 Å². The predicted octanol–water partition coefficient (Wildman–Crippen LogP) is 2.66. The van der Waals surface area contributed by atoms with Crippen LogP contribution in [0.15, 0.2) is 0 Å². The Morgan fingerprint density at radius 2 is 2.18 bits per heavy atom. The number of aromatic nitrogens is 3. The first-order chi connectivity index (χ1) is 7.98. The average Bonchev–Trinajstić information content (AvgIpc) is 2.62. The van der Waals surface area contributed by atoms with Gasteiger partial charge in [-0.1, -0.05) is 20.8 Å². The summed E-state index contributed by atoms with van der Waals surface area (Å²) in [7, 11) is 0. The third-order valence-corrected chi connectivity index (χ3v) is 3.35. The van der Waals surface area contributed by atoms with Gasteiger partial charge in [0.25, 0.3) is 0 Å². The van der Waals surface area contributed by atoms with Crippen LogP contribution in [0.25, 0.3) is 0 Å². The molecule has 1 unspecified atom stereocenters. The first kappa shape index (κ1) is 12.8. The first-order valence-electron chi connectivity index (χ1n) is 6.15. The van der Waals surface area contributed by atoms with Crippen LogP contribution < -0.4 is 0 Å². The standard InChI is InChI=1S/C12H20ClN3O/c1-12(2,3)10-14-15-11(13)16(10)7-9-5-4-6-17-8-9/h9H,4-8H2,1-3H3. The van der Waals surface area contributed by atoms with Gasteiger partial charge in [0.15, 0.2) is 0 Å². The molecule has 1 saturated heterocycles. The molecule has 0 amide bonds. The molecule has 4 nitrogen and oxygen atoms in total. The van der Waals surface area contributed by atoms with Crippen LogP contribution in [0.2, 0.25) is 5.28 Å². The molecule has 1 fully saturated rings. The van der Waals surface area contributed by atoms with Gasteiger partial charge in [0.2, 0.25) is 5.28 Å². The van der Waals surface area contributed by atoms with Gasteiger partial charge < -0.3 is 9.30 Å². The van der Waals surface area contributed by atoms with E-state index in [1.807, 2.05) is 4.57 Å². The predicted molar refractivity (Wildman–Crippen MR) is 67.3 cm³/mol. The number of rotatable bonds is 2. The van der Waals surface area contributed by atoms with E-state index in [1.165, 1.54) is 6.42 Å². The molecule has 5 heteroatoms. The Kier molecular flexibility index (Phi) is 3.73. The molecule has 1 aromatic heterocycles. The Bertz CT molecular complexity index is 378. The van der Waals surface area contributed by atoms with Crippen molar-refractivity contribution in [3.63, 3.8) is 0 Å². The maximum Gasteiger partial charge on any atom is 0.225 e. The zero-order chi connectivity index (χ0) is 12.5. The van der Waals surface area contributed by atoms with Crippen LogP contribution in [0.1, 0.15) is 39.4 Å². The van der Waals surface area contributed by atoms with Gasteiger partial charge in [0.05, 0.1) is 6.61 Å². The highest BCUT2D eigenvalue weighted by Crippen LogP contribution is 2.25. The van der Waals surface area contributed by atoms with Crippen molar-refractivity contribution < 1.29 is 4.74 Å². The van der Waals surface area contributed by atoms with Gasteiger partial charge in [0.1, 0.15) is 5.82 Å². The number of halogens is 1. The van der Waals surface area contributed by atoms with Crippen LogP contribution in [0, 0.1) is 5.92 Å². The zero-order valence-electron chi connectivity index (χ0n) is 10.7. The molecule has 0 N–H and O–H groups in total. The lowest BCUT2D eigenvalue weighted by Crippen LogP contribution is -2.26. The average molecular weight is 258 g/mol. The Morgan fingerprint density at radius 3 is 2.76 bits per heavy atom. The van der Waals surface area contributed by atoms with Gasteiger partial charge in [-0.2, -0.15) is 0 Å². The summed E-state index contributed by atoms with van der Waals surface area (Å²) in [6.45, 7) is 8.94. The summed E-state index contributed by atoms with van der Waals surface area (Å²) < 4.78 is 7.53. The Morgan fingerprint density at radius 1 is 1.41 bits per heavy atom. The van der Waals surface area contributed by atoms with Gasteiger partial charge in [-0.3, -0.25) is 0 Å². The van der Waals surface area contributed by atoms with Crippen molar-refractivity contribution in [3.05, 3.63) is 11.1 Å². The summed E-state index contributed by atoms with van der Waals surface area (Å²) in [6, 6.07) is 0. The third-order valence-electron chi connectivity index (χ3n) is 3.07. The van der Waals surface area contributed by atoms with Crippen molar-refractivity contribution in [2.75, 3.05) is 13.2 Å². The second-order valence-corrected chi connectivity index (χ2v) is 6.07. The van der Waals surface area contributed by atoms with E-state index in [-0.39, 0.29) is 5.41 Å². The van der Waals surface area contributed by atoms with Crippen LogP contribution in [0.3, 0.4) is 0 Å². The van der Waals surface area contributed by atoms with E-state index in [9.17, 15) is 0 Å². The molecular weight excluding hydrogens is 238 g/mol. The van der Waals surface area contributed by atoms with E-state index in [2.05, 4.69) is 31.0 Å². The van der Waals surface area contributed by atoms with Crippen LogP contribution in [0.4, 0.5) is 0 Å². The van der Waals surface area contributed by atoms with Crippen LogP contribution in [-0.2, 0) is 16.7 Å². The number of hydrogen-bond acceptors (Lipinski definition) is 3. The van der Waals surface area contributed by atoms with E-state index < -0.39 is 0 Å². The van der Waals surface area contributed by atoms with Crippen LogP contribution >= 0.6 is 11.6 Å². The second-order valence-electron chi connectivity index (χ2n) is 5.74. The molecule has 0 spiro atoms. The SMILES string of the molecule is CC(C)(C)c1nnc(Cl)n1CC1CCCOC1. The van der Waals surface area contributed by atoms with E-state index in [0.717, 1.165) is 32.0 Å². The Balaban J connectivity index is 2.16. The van der Waals surface area contributed by atoms with Crippen LogP contribution in [0.5, 0.6) is 0 Å². The molecule has 96 valence electrons. The normalized spacial score (nSPS) is 21.8. The molecule has 0 radical (unpaired) electrons. The van der Waals surface area contributed by atoms with Gasteiger partial charge >= 0.3 is 0 Å². The molecule has 17 heavy (non-hydrogen) atoms. The minimum atomic E-state index is -0.0321. The van der Waals surface area contributed by atoms with Crippen molar-refractivity contribution in [1.29, 1.82) is 0 Å². The molecular formula is C12H20ClN3O. The fourth-order valence-electron chi connectivity index (χ4n) is 2.21. The highest BCUT2D eigenvalue weighted by Gasteiger charge is 2.25. The minimum Gasteiger partial charge on any atom is -0.381 e. The largest absolute Gasteiger partial charge is 0.381 e. The summed E-state index contributed by atoms with van der Waals surface area (Å²) in [5, 5.41) is 8.67. The maximum atomic E-state index is 6.12. The molecule has 1 aromatic rings. The highest BCUT2D eigenvalue weighted by molar-refractivity contribution is 6.28. The van der Waals surface area contributed by atoms with E-state index >= 15 is 0 Å². The van der Waals surface area contributed by atoms with Crippen molar-refractivity contribution in [1.82, 2.24) is 14.8 Å². The molecule has 2 rings (SSSR count). The van der Waals surface area contributed by atoms with E-state index in [0.29, 0.717) is 11.2 Å². The number of ether oxygens (including phenoxy) is 1. The fraction of sp³-hybridized carbons (Fsp3) is 0.833. The lowest BCUT2D eigenvalue weighted by Gasteiger charge is -2.25. The zero-order valence-corrected chi connectivity index (χ0v) is 11.5. The summed E-state index contributed by atoms with van der Waals surface area (Å²) in [5.74, 6) is 1.48. The van der Waals surface area contributed by atoms with Crippen molar-refractivity contribution in [2.24, 2.45) is 5.92 Å². The van der Waals surface area contributed by atoms with E-state index in [1.54, 1.807) is 0 Å². The summed E-state index contributed by atoms with van der Waals surface area (Å²) >= 11 is 6.12. The highest BCUT2D eigenvalue weighted by atomic mass is 35.5. The van der Waals surface area contributed by atoms with E-state index in [4.69, 9.17) is 16.3 Å².